The molecule has 0 aliphatic heterocycles. The van der Waals surface area contributed by atoms with E-state index >= 15 is 0 Å². The number of anilines is 1. The molecule has 0 bridgehead atoms. The van der Waals surface area contributed by atoms with Gasteiger partial charge in [-0.2, -0.15) is 0 Å². The lowest BCUT2D eigenvalue weighted by atomic mass is 10.2. The fraction of sp³-hybridized carbons (Fsp3) is 0.200. The van der Waals surface area contributed by atoms with Crippen molar-refractivity contribution in [3.63, 3.8) is 0 Å². The highest BCUT2D eigenvalue weighted by Gasteiger charge is 2.23. The third-order valence-electron chi connectivity index (χ3n) is 3.97. The average Bonchev–Trinajstić information content (AvgIpc) is 3.11. The van der Waals surface area contributed by atoms with E-state index in [1.165, 1.54) is 23.9 Å². The van der Waals surface area contributed by atoms with Crippen molar-refractivity contribution in [3.05, 3.63) is 72.8 Å². The molecule has 0 spiro atoms. The molecule has 3 aromatic rings. The first-order valence-corrected chi connectivity index (χ1v) is 9.30. The quantitative estimate of drug-likeness (QED) is 0.599. The number of amides is 1. The molecule has 1 aromatic heterocycles. The molecule has 0 fully saturated rings. The van der Waals surface area contributed by atoms with E-state index in [1.807, 2.05) is 50.2 Å². The van der Waals surface area contributed by atoms with Crippen LogP contribution in [0.3, 0.4) is 0 Å². The summed E-state index contributed by atoms with van der Waals surface area (Å²) in [5, 5.41) is 0.324. The fourth-order valence-corrected chi connectivity index (χ4v) is 3.65. The highest BCUT2D eigenvalue weighted by Crippen LogP contribution is 2.27. The third kappa shape index (κ3) is 3.96. The molecule has 3 rings (SSSR count). The number of carbonyl (C=O) groups is 1. The maximum absolute atomic E-state index is 13.5. The second kappa shape index (κ2) is 8.19. The minimum atomic E-state index is -0.329. The van der Waals surface area contributed by atoms with Gasteiger partial charge in [0.15, 0.2) is 5.16 Å². The van der Waals surface area contributed by atoms with Gasteiger partial charge in [-0.3, -0.25) is 9.36 Å². The summed E-state index contributed by atoms with van der Waals surface area (Å²) in [7, 11) is 0. The summed E-state index contributed by atoms with van der Waals surface area (Å²) in [6.45, 7) is 4.41. The Morgan fingerprint density at radius 3 is 2.69 bits per heavy atom. The van der Waals surface area contributed by atoms with Gasteiger partial charge in [0.05, 0.1) is 10.9 Å². The number of halogens is 1. The molecule has 4 nitrogen and oxygen atoms in total. The van der Waals surface area contributed by atoms with E-state index in [1.54, 1.807) is 27.9 Å². The topological polar surface area (TPSA) is 38.1 Å². The first-order chi connectivity index (χ1) is 12.6. The number of hydrogen-bond acceptors (Lipinski definition) is 3. The number of nitrogens with zero attached hydrogens (tertiary/aromatic N) is 3. The smallest absolute Gasteiger partial charge is 0.240 e. The van der Waals surface area contributed by atoms with Crippen LogP contribution in [0.25, 0.3) is 5.69 Å². The molecule has 0 aliphatic carbocycles. The van der Waals surface area contributed by atoms with Crippen molar-refractivity contribution in [2.75, 3.05) is 11.4 Å². The predicted octanol–water partition coefficient (Wildman–Crippen LogP) is 4.55. The molecule has 26 heavy (non-hydrogen) atoms. The van der Waals surface area contributed by atoms with Gasteiger partial charge in [-0.1, -0.05) is 36.0 Å². The Balaban J connectivity index is 1.79. The number of imidazole rings is 1. The van der Waals surface area contributed by atoms with Gasteiger partial charge in [-0.05, 0) is 44.2 Å². The van der Waals surface area contributed by atoms with Crippen LogP contribution < -0.4 is 4.90 Å². The number of para-hydroxylation sites is 1. The normalized spacial score (nSPS) is 12.0. The Morgan fingerprint density at radius 2 is 2.00 bits per heavy atom. The zero-order chi connectivity index (χ0) is 18.5. The molecule has 1 heterocycles. The Labute approximate surface area is 156 Å². The van der Waals surface area contributed by atoms with E-state index in [9.17, 15) is 9.18 Å². The Kier molecular flexibility index (Phi) is 5.73. The minimum absolute atomic E-state index is 0.0116. The van der Waals surface area contributed by atoms with Crippen LogP contribution >= 0.6 is 11.8 Å². The molecule has 1 amide bonds. The molecule has 0 saturated heterocycles. The van der Waals surface area contributed by atoms with Crippen molar-refractivity contribution in [3.8, 4) is 5.69 Å². The number of aromatic nitrogens is 2. The van der Waals surface area contributed by atoms with Crippen LogP contribution in [-0.4, -0.2) is 27.3 Å². The number of hydrogen-bond donors (Lipinski definition) is 0. The average molecular weight is 369 g/mol. The summed E-state index contributed by atoms with van der Waals surface area (Å²) < 4.78 is 15.3. The van der Waals surface area contributed by atoms with Crippen LogP contribution in [0.5, 0.6) is 0 Å². The lowest BCUT2D eigenvalue weighted by molar-refractivity contribution is -0.117. The monoisotopic (exact) mass is 369 g/mol. The highest BCUT2D eigenvalue weighted by molar-refractivity contribution is 8.00. The largest absolute Gasteiger partial charge is 0.312 e. The summed E-state index contributed by atoms with van der Waals surface area (Å²) in [5.74, 6) is -0.296. The zero-order valence-corrected chi connectivity index (χ0v) is 15.5. The Morgan fingerprint density at radius 1 is 1.23 bits per heavy atom. The minimum Gasteiger partial charge on any atom is -0.312 e. The first kappa shape index (κ1) is 18.2. The van der Waals surface area contributed by atoms with E-state index in [2.05, 4.69) is 4.98 Å². The van der Waals surface area contributed by atoms with E-state index in [0.717, 1.165) is 5.69 Å². The van der Waals surface area contributed by atoms with Crippen molar-refractivity contribution in [1.82, 2.24) is 9.55 Å². The standard InChI is InChI=1S/C20H20FN3OS/c1-3-23(17-9-5-4-6-10-17)19(25)15(2)26-20-22-12-13-24(20)18-11-7-8-16(21)14-18/h4-15H,3H2,1-2H3/t15-/m1/s1. The number of benzene rings is 2. The van der Waals surface area contributed by atoms with Gasteiger partial charge in [-0.15, -0.1) is 0 Å². The molecule has 2 aromatic carbocycles. The number of carbonyl (C=O) groups excluding carboxylic acids is 1. The van der Waals surface area contributed by atoms with Gasteiger partial charge in [0.25, 0.3) is 0 Å². The van der Waals surface area contributed by atoms with E-state index in [-0.39, 0.29) is 17.0 Å². The van der Waals surface area contributed by atoms with E-state index in [0.29, 0.717) is 17.4 Å². The summed E-state index contributed by atoms with van der Waals surface area (Å²) in [6.07, 6.45) is 3.42. The van der Waals surface area contributed by atoms with Gasteiger partial charge >= 0.3 is 0 Å². The summed E-state index contributed by atoms with van der Waals surface area (Å²) in [4.78, 5) is 19.0. The van der Waals surface area contributed by atoms with Crippen molar-refractivity contribution in [2.24, 2.45) is 0 Å². The lowest BCUT2D eigenvalue weighted by Crippen LogP contribution is -2.36. The second-order valence-corrected chi connectivity index (χ2v) is 7.05. The molecule has 134 valence electrons. The van der Waals surface area contributed by atoms with Gasteiger partial charge in [-0.25, -0.2) is 9.37 Å². The summed E-state index contributed by atoms with van der Waals surface area (Å²) in [6, 6.07) is 15.9. The van der Waals surface area contributed by atoms with Crippen molar-refractivity contribution < 1.29 is 9.18 Å². The second-order valence-electron chi connectivity index (χ2n) is 5.74. The molecule has 0 unspecified atom stereocenters. The van der Waals surface area contributed by atoms with Gasteiger partial charge < -0.3 is 4.90 Å². The zero-order valence-electron chi connectivity index (χ0n) is 14.7. The van der Waals surface area contributed by atoms with Crippen LogP contribution in [-0.2, 0) is 4.79 Å². The number of rotatable bonds is 6. The molecule has 0 aliphatic rings. The summed E-state index contributed by atoms with van der Waals surface area (Å²) >= 11 is 1.36. The molecular weight excluding hydrogens is 349 g/mol. The lowest BCUT2D eigenvalue weighted by Gasteiger charge is -2.24. The van der Waals surface area contributed by atoms with Crippen LogP contribution in [0, 0.1) is 5.82 Å². The van der Waals surface area contributed by atoms with Gasteiger partial charge in [0.1, 0.15) is 5.82 Å². The molecule has 6 heteroatoms. The molecule has 0 N–H and O–H groups in total. The van der Waals surface area contributed by atoms with Crippen LogP contribution in [0.4, 0.5) is 10.1 Å². The molecule has 0 saturated carbocycles. The van der Waals surface area contributed by atoms with Gasteiger partial charge in [0.2, 0.25) is 5.91 Å². The van der Waals surface area contributed by atoms with Crippen LogP contribution in [0.2, 0.25) is 0 Å². The maximum atomic E-state index is 13.5. The van der Waals surface area contributed by atoms with E-state index in [4.69, 9.17) is 0 Å². The Hall–Kier alpha value is -2.60. The molecule has 1 atom stereocenters. The predicted molar refractivity (Wildman–Crippen MR) is 103 cm³/mol. The SMILES string of the molecule is CCN(C(=O)[C@@H](C)Sc1nccn1-c1cccc(F)c1)c1ccccc1. The van der Waals surface area contributed by atoms with Crippen LogP contribution in [0.1, 0.15) is 13.8 Å². The summed E-state index contributed by atoms with van der Waals surface area (Å²) in [5.41, 5.74) is 1.56. The Bertz CT molecular complexity index is 882. The van der Waals surface area contributed by atoms with Crippen molar-refractivity contribution in [2.45, 2.75) is 24.3 Å². The molecule has 0 radical (unpaired) electrons. The van der Waals surface area contributed by atoms with Crippen molar-refractivity contribution >= 4 is 23.4 Å². The number of thioether (sulfide) groups is 1. The van der Waals surface area contributed by atoms with E-state index < -0.39 is 0 Å². The maximum Gasteiger partial charge on any atom is 0.240 e. The first-order valence-electron chi connectivity index (χ1n) is 8.42. The fourth-order valence-electron chi connectivity index (χ4n) is 2.70. The molecular formula is C20H20FN3OS. The third-order valence-corrected chi connectivity index (χ3v) is 5.04. The highest BCUT2D eigenvalue weighted by atomic mass is 32.2. The van der Waals surface area contributed by atoms with Gasteiger partial charge in [0, 0.05) is 24.6 Å². The van der Waals surface area contributed by atoms with Crippen LogP contribution in [0.15, 0.2) is 72.1 Å². The van der Waals surface area contributed by atoms with Crippen molar-refractivity contribution in [1.29, 1.82) is 0 Å².